The van der Waals surface area contributed by atoms with Gasteiger partial charge in [0.15, 0.2) is 0 Å². The molecule has 0 radical (unpaired) electrons. The van der Waals surface area contributed by atoms with Crippen LogP contribution in [0.5, 0.6) is 0 Å². The number of aliphatic hydroxyl groups is 1. The van der Waals surface area contributed by atoms with Gasteiger partial charge in [0.1, 0.15) is 6.10 Å². The molecule has 0 aromatic rings. The smallest absolute Gasteiger partial charge is 0.265 e. The summed E-state index contributed by atoms with van der Waals surface area (Å²) >= 11 is 0. The van der Waals surface area contributed by atoms with E-state index in [-0.39, 0.29) is 6.54 Å². The van der Waals surface area contributed by atoms with E-state index in [4.69, 9.17) is 5.11 Å². The molecule has 1 fully saturated rings. The fraction of sp³-hybridized carbons (Fsp3) is 1.00. The molecule has 1 rings (SSSR count). The van der Waals surface area contributed by atoms with Crippen molar-refractivity contribution in [2.45, 2.75) is 51.2 Å². The van der Waals surface area contributed by atoms with E-state index in [0.29, 0.717) is 12.0 Å². The Hall–Kier alpha value is -0.220. The zero-order valence-corrected chi connectivity index (χ0v) is 8.55. The summed E-state index contributed by atoms with van der Waals surface area (Å²) in [5.41, 5.74) is 0. The molecule has 0 spiro atoms. The highest BCUT2D eigenvalue weighted by atomic mass is 19.3. The molecule has 0 bridgehead atoms. The number of alkyl halides is 2. The Kier molecular flexibility index (Phi) is 4.75. The van der Waals surface area contributed by atoms with Crippen LogP contribution in [0.15, 0.2) is 0 Å². The Balaban J connectivity index is 2.23. The largest absolute Gasteiger partial charge is 0.386 e. The molecule has 1 aliphatic carbocycles. The van der Waals surface area contributed by atoms with Crippen molar-refractivity contribution >= 4 is 0 Å². The van der Waals surface area contributed by atoms with Crippen molar-refractivity contribution in [2.75, 3.05) is 6.54 Å². The third-order valence-electron chi connectivity index (χ3n) is 3.06. The van der Waals surface area contributed by atoms with Crippen LogP contribution < -0.4 is 5.32 Å². The van der Waals surface area contributed by atoms with Crippen LogP contribution in [0.2, 0.25) is 0 Å². The average Bonchev–Trinajstić information content (AvgIpc) is 2.60. The van der Waals surface area contributed by atoms with Gasteiger partial charge in [0.2, 0.25) is 0 Å². The first-order chi connectivity index (χ1) is 6.65. The van der Waals surface area contributed by atoms with Crippen LogP contribution in [0.1, 0.15) is 32.6 Å². The van der Waals surface area contributed by atoms with Gasteiger partial charge in [0.25, 0.3) is 6.43 Å². The van der Waals surface area contributed by atoms with E-state index < -0.39 is 12.5 Å². The summed E-state index contributed by atoms with van der Waals surface area (Å²) < 4.78 is 24.0. The SMILES string of the molecule is CCC1CCCC1NCC(O)C(F)F. The monoisotopic (exact) mass is 207 g/mol. The van der Waals surface area contributed by atoms with Gasteiger partial charge in [-0.25, -0.2) is 8.78 Å². The second kappa shape index (κ2) is 5.61. The highest BCUT2D eigenvalue weighted by molar-refractivity contribution is 4.83. The lowest BCUT2D eigenvalue weighted by Crippen LogP contribution is -2.40. The van der Waals surface area contributed by atoms with Crippen LogP contribution in [0.3, 0.4) is 0 Å². The fourth-order valence-electron chi connectivity index (χ4n) is 2.16. The fourth-order valence-corrected chi connectivity index (χ4v) is 2.16. The summed E-state index contributed by atoms with van der Waals surface area (Å²) in [6, 6.07) is 0.327. The lowest BCUT2D eigenvalue weighted by Gasteiger charge is -2.21. The summed E-state index contributed by atoms with van der Waals surface area (Å²) in [4.78, 5) is 0. The summed E-state index contributed by atoms with van der Waals surface area (Å²) in [5, 5.41) is 12.0. The third kappa shape index (κ3) is 3.17. The minimum atomic E-state index is -2.64. The predicted octanol–water partition coefficient (Wildman–Crippen LogP) is 1.78. The van der Waals surface area contributed by atoms with Gasteiger partial charge in [-0.15, -0.1) is 0 Å². The van der Waals surface area contributed by atoms with Gasteiger partial charge in [-0.3, -0.25) is 0 Å². The molecular weight excluding hydrogens is 188 g/mol. The second-order valence-electron chi connectivity index (χ2n) is 4.02. The van der Waals surface area contributed by atoms with E-state index in [1.165, 1.54) is 12.8 Å². The molecule has 2 nitrogen and oxygen atoms in total. The molecule has 0 amide bonds. The van der Waals surface area contributed by atoms with Gasteiger partial charge < -0.3 is 10.4 Å². The molecule has 84 valence electrons. The molecule has 1 saturated carbocycles. The molecule has 3 atom stereocenters. The van der Waals surface area contributed by atoms with Crippen molar-refractivity contribution in [1.29, 1.82) is 0 Å². The van der Waals surface area contributed by atoms with Crippen LogP contribution in [0, 0.1) is 5.92 Å². The summed E-state index contributed by atoms with van der Waals surface area (Å²) in [6.45, 7) is 2.13. The Labute approximate surface area is 83.7 Å². The van der Waals surface area contributed by atoms with Gasteiger partial charge in [-0.1, -0.05) is 19.8 Å². The minimum Gasteiger partial charge on any atom is -0.386 e. The van der Waals surface area contributed by atoms with Gasteiger partial charge in [-0.2, -0.15) is 0 Å². The molecule has 0 heterocycles. The maximum atomic E-state index is 12.0. The van der Waals surface area contributed by atoms with E-state index in [1.807, 2.05) is 0 Å². The van der Waals surface area contributed by atoms with Crippen molar-refractivity contribution < 1.29 is 13.9 Å². The van der Waals surface area contributed by atoms with Gasteiger partial charge in [-0.05, 0) is 18.8 Å². The molecule has 0 aromatic carbocycles. The normalized spacial score (nSPS) is 29.8. The molecule has 2 N–H and O–H groups in total. The van der Waals surface area contributed by atoms with Gasteiger partial charge in [0, 0.05) is 12.6 Å². The van der Waals surface area contributed by atoms with Gasteiger partial charge >= 0.3 is 0 Å². The lowest BCUT2D eigenvalue weighted by molar-refractivity contribution is -0.00521. The Morgan fingerprint density at radius 3 is 2.71 bits per heavy atom. The molecule has 1 aliphatic rings. The van der Waals surface area contributed by atoms with E-state index in [9.17, 15) is 8.78 Å². The maximum absolute atomic E-state index is 12.0. The zero-order valence-electron chi connectivity index (χ0n) is 8.55. The molecule has 14 heavy (non-hydrogen) atoms. The van der Waals surface area contributed by atoms with E-state index in [0.717, 1.165) is 12.8 Å². The number of halogens is 2. The number of nitrogens with one attached hydrogen (secondary N) is 1. The summed E-state index contributed by atoms with van der Waals surface area (Å²) in [5.74, 6) is 0.597. The maximum Gasteiger partial charge on any atom is 0.265 e. The third-order valence-corrected chi connectivity index (χ3v) is 3.06. The van der Waals surface area contributed by atoms with Crippen LogP contribution in [0.25, 0.3) is 0 Å². The Morgan fingerprint density at radius 2 is 2.14 bits per heavy atom. The Morgan fingerprint density at radius 1 is 1.43 bits per heavy atom. The average molecular weight is 207 g/mol. The number of hydrogen-bond donors (Lipinski definition) is 2. The topological polar surface area (TPSA) is 32.3 Å². The van der Waals surface area contributed by atoms with Gasteiger partial charge in [0.05, 0.1) is 0 Å². The summed E-state index contributed by atoms with van der Waals surface area (Å²) in [7, 11) is 0. The number of rotatable bonds is 5. The van der Waals surface area contributed by atoms with Crippen molar-refractivity contribution in [2.24, 2.45) is 5.92 Å². The van der Waals surface area contributed by atoms with Crippen molar-refractivity contribution in [3.05, 3.63) is 0 Å². The standard InChI is InChI=1S/C10H19F2NO/c1-2-7-4-3-5-8(7)13-6-9(14)10(11)12/h7-10,13-14H,2-6H2,1H3. The molecule has 0 aliphatic heterocycles. The lowest BCUT2D eigenvalue weighted by atomic mass is 10.0. The quantitative estimate of drug-likeness (QED) is 0.720. The molecular formula is C10H19F2NO. The first-order valence-corrected chi connectivity index (χ1v) is 5.34. The van der Waals surface area contributed by atoms with E-state index in [2.05, 4.69) is 12.2 Å². The highest BCUT2D eigenvalue weighted by Crippen LogP contribution is 2.27. The van der Waals surface area contributed by atoms with Crippen molar-refractivity contribution in [3.63, 3.8) is 0 Å². The first-order valence-electron chi connectivity index (χ1n) is 5.34. The Bertz CT molecular complexity index is 166. The number of aliphatic hydroxyl groups excluding tert-OH is 1. The van der Waals surface area contributed by atoms with E-state index >= 15 is 0 Å². The van der Waals surface area contributed by atoms with Crippen LogP contribution in [0.4, 0.5) is 8.78 Å². The molecule has 4 heteroatoms. The first kappa shape index (κ1) is 11.9. The summed E-state index contributed by atoms with van der Waals surface area (Å²) in [6.07, 6.45) is 0.327. The molecule has 3 unspecified atom stereocenters. The molecule has 0 saturated heterocycles. The predicted molar refractivity (Wildman–Crippen MR) is 51.4 cm³/mol. The van der Waals surface area contributed by atoms with Crippen LogP contribution in [-0.4, -0.2) is 30.2 Å². The minimum absolute atomic E-state index is 0.0127. The van der Waals surface area contributed by atoms with E-state index in [1.54, 1.807) is 0 Å². The van der Waals surface area contributed by atoms with Crippen LogP contribution >= 0.6 is 0 Å². The zero-order chi connectivity index (χ0) is 10.6. The highest BCUT2D eigenvalue weighted by Gasteiger charge is 2.26. The van der Waals surface area contributed by atoms with Crippen LogP contribution in [-0.2, 0) is 0 Å². The molecule has 0 aromatic heterocycles. The number of hydrogen-bond acceptors (Lipinski definition) is 2. The van der Waals surface area contributed by atoms with Crippen molar-refractivity contribution in [3.8, 4) is 0 Å². The second-order valence-corrected chi connectivity index (χ2v) is 4.02. The van der Waals surface area contributed by atoms with Crippen molar-refractivity contribution in [1.82, 2.24) is 5.32 Å².